The van der Waals surface area contributed by atoms with E-state index in [9.17, 15) is 19.5 Å². The lowest BCUT2D eigenvalue weighted by Crippen LogP contribution is -2.28. The molecule has 1 aromatic heterocycles. The van der Waals surface area contributed by atoms with Crippen molar-refractivity contribution in [3.8, 4) is 0 Å². The summed E-state index contributed by atoms with van der Waals surface area (Å²) in [4.78, 5) is 40.5. The minimum absolute atomic E-state index is 0.188. The molecule has 0 spiro atoms. The summed E-state index contributed by atoms with van der Waals surface area (Å²) in [5.74, 6) is -0.620. The van der Waals surface area contributed by atoms with Crippen LogP contribution in [0.25, 0.3) is 0 Å². The number of rotatable bonds is 5. The minimum atomic E-state index is -1.03. The molecule has 9 heteroatoms. The maximum absolute atomic E-state index is 11.8. The van der Waals surface area contributed by atoms with Gasteiger partial charge in [0.2, 0.25) is 0 Å². The molecule has 2 rings (SSSR count). The van der Waals surface area contributed by atoms with Crippen LogP contribution in [0.1, 0.15) is 20.8 Å². The molecule has 1 aromatic carbocycles. The van der Waals surface area contributed by atoms with Crippen molar-refractivity contribution in [2.24, 2.45) is 0 Å². The Bertz CT molecular complexity index is 730. The molecular weight excluding hydrogens is 348 g/mol. The van der Waals surface area contributed by atoms with E-state index in [2.05, 4.69) is 9.57 Å². The Balaban J connectivity index is 1.97. The predicted molar refractivity (Wildman–Crippen MR) is 89.0 cm³/mol. The number of benzene rings is 1. The molecule has 0 atom stereocenters. The summed E-state index contributed by atoms with van der Waals surface area (Å²) in [6.45, 7) is 0.482. The van der Waals surface area contributed by atoms with Crippen molar-refractivity contribution in [3.63, 3.8) is 0 Å². The molecular formula is C16H16N2O6S. The molecule has 0 aliphatic heterocycles. The van der Waals surface area contributed by atoms with E-state index in [0.717, 1.165) is 17.6 Å². The topological polar surface area (TPSA) is 105 Å². The number of hydrogen-bond acceptors (Lipinski definition) is 6. The van der Waals surface area contributed by atoms with Crippen LogP contribution in [0.2, 0.25) is 0 Å². The summed E-state index contributed by atoms with van der Waals surface area (Å²) in [7, 11) is 1.12. The van der Waals surface area contributed by atoms with Gasteiger partial charge in [0.25, 0.3) is 5.91 Å². The fraction of sp³-hybridized carbons (Fsp3) is 0.188. The molecule has 0 saturated heterocycles. The van der Waals surface area contributed by atoms with Gasteiger partial charge in [0.1, 0.15) is 0 Å². The maximum atomic E-state index is 11.8. The fourth-order valence-electron chi connectivity index (χ4n) is 1.95. The Labute approximate surface area is 147 Å². The summed E-state index contributed by atoms with van der Waals surface area (Å²) in [6, 6.07) is 10.0. The van der Waals surface area contributed by atoms with Gasteiger partial charge in [-0.15, -0.1) is 11.3 Å². The van der Waals surface area contributed by atoms with Gasteiger partial charge in [-0.25, -0.2) is 9.59 Å². The van der Waals surface area contributed by atoms with Crippen LogP contribution in [0.4, 0.5) is 9.59 Å². The smallest absolute Gasteiger partial charge is 0.465 e. The van der Waals surface area contributed by atoms with Crippen LogP contribution < -0.4 is 5.48 Å². The van der Waals surface area contributed by atoms with E-state index in [1.54, 1.807) is 12.1 Å². The molecule has 0 fully saturated rings. The largest absolute Gasteiger partial charge is 0.533 e. The number of carboxylic acid groups (broad SMARTS) is 1. The maximum Gasteiger partial charge on any atom is 0.533 e. The Kier molecular flexibility index (Phi) is 6.35. The van der Waals surface area contributed by atoms with E-state index >= 15 is 0 Å². The fourth-order valence-corrected chi connectivity index (χ4v) is 2.67. The monoisotopic (exact) mass is 364 g/mol. The van der Waals surface area contributed by atoms with Crippen molar-refractivity contribution in [1.29, 1.82) is 0 Å². The number of nitrogens with one attached hydrogen (secondary N) is 1. The van der Waals surface area contributed by atoms with Crippen LogP contribution in [-0.4, -0.2) is 35.3 Å². The van der Waals surface area contributed by atoms with E-state index in [1.807, 2.05) is 23.0 Å². The number of thiophene rings is 1. The number of methoxy groups -OCH3 is 1. The van der Waals surface area contributed by atoms with Crippen LogP contribution >= 0.6 is 11.3 Å². The first-order chi connectivity index (χ1) is 12.0. The zero-order chi connectivity index (χ0) is 18.2. The van der Waals surface area contributed by atoms with Crippen molar-refractivity contribution in [3.05, 3.63) is 57.8 Å². The van der Waals surface area contributed by atoms with Crippen molar-refractivity contribution < 1.29 is 29.1 Å². The van der Waals surface area contributed by atoms with E-state index in [0.29, 0.717) is 6.54 Å². The third-order valence-corrected chi connectivity index (χ3v) is 4.04. The van der Waals surface area contributed by atoms with Crippen LogP contribution in [0.5, 0.6) is 0 Å². The summed E-state index contributed by atoms with van der Waals surface area (Å²) in [6.07, 6.45) is -2.06. The van der Waals surface area contributed by atoms with Crippen molar-refractivity contribution in [2.75, 3.05) is 7.11 Å². The lowest BCUT2D eigenvalue weighted by Gasteiger charge is -2.18. The second-order valence-electron chi connectivity index (χ2n) is 4.90. The number of ether oxygens (including phenoxy) is 1. The van der Waals surface area contributed by atoms with Gasteiger partial charge >= 0.3 is 12.2 Å². The van der Waals surface area contributed by atoms with Crippen molar-refractivity contribution in [2.45, 2.75) is 13.1 Å². The summed E-state index contributed by atoms with van der Waals surface area (Å²) in [5.41, 5.74) is 2.92. The highest BCUT2D eigenvalue weighted by Gasteiger charge is 2.14. The molecule has 0 aliphatic rings. The number of nitrogens with zero attached hydrogens (tertiary/aromatic N) is 1. The molecule has 8 nitrogen and oxygen atoms in total. The molecule has 1 heterocycles. The van der Waals surface area contributed by atoms with Gasteiger partial charge in [0, 0.05) is 17.0 Å². The second-order valence-corrected chi connectivity index (χ2v) is 5.93. The number of carbonyl (C=O) groups excluding carboxylic acids is 2. The van der Waals surface area contributed by atoms with Gasteiger partial charge in [0.15, 0.2) is 0 Å². The van der Waals surface area contributed by atoms with Gasteiger partial charge in [-0.05, 0) is 29.1 Å². The van der Waals surface area contributed by atoms with Crippen LogP contribution in [0.3, 0.4) is 0 Å². The summed E-state index contributed by atoms with van der Waals surface area (Å²) < 4.78 is 4.23. The van der Waals surface area contributed by atoms with E-state index in [4.69, 9.17) is 0 Å². The number of amides is 2. The Hall–Kier alpha value is -3.07. The first kappa shape index (κ1) is 18.3. The molecule has 0 saturated carbocycles. The van der Waals surface area contributed by atoms with Gasteiger partial charge in [0.05, 0.1) is 13.7 Å². The number of hydroxylamine groups is 1. The molecule has 132 valence electrons. The molecule has 2 aromatic rings. The Morgan fingerprint density at radius 2 is 1.88 bits per heavy atom. The molecule has 2 amide bonds. The van der Waals surface area contributed by atoms with Crippen molar-refractivity contribution >= 4 is 29.5 Å². The zero-order valence-corrected chi connectivity index (χ0v) is 14.1. The first-order valence-electron chi connectivity index (χ1n) is 7.14. The SMILES string of the molecule is COC(=O)ONC(=O)c1ccc(CN(Cc2cccs2)C(=O)O)cc1. The third-order valence-electron chi connectivity index (χ3n) is 3.18. The number of carbonyl (C=O) groups is 3. The van der Waals surface area contributed by atoms with E-state index < -0.39 is 18.2 Å². The lowest BCUT2D eigenvalue weighted by molar-refractivity contribution is 0.0255. The third kappa shape index (κ3) is 5.50. The first-order valence-corrected chi connectivity index (χ1v) is 8.02. The zero-order valence-electron chi connectivity index (χ0n) is 13.3. The molecule has 0 unspecified atom stereocenters. The van der Waals surface area contributed by atoms with Crippen molar-refractivity contribution in [1.82, 2.24) is 10.4 Å². The minimum Gasteiger partial charge on any atom is -0.465 e. The van der Waals surface area contributed by atoms with Crippen LogP contribution in [-0.2, 0) is 22.7 Å². The Morgan fingerprint density at radius 3 is 2.44 bits per heavy atom. The average Bonchev–Trinajstić information content (AvgIpc) is 3.12. The summed E-state index contributed by atoms with van der Waals surface area (Å²) in [5, 5.41) is 11.2. The standard InChI is InChI=1S/C16H16N2O6S/c1-23-16(22)24-17-14(19)12-6-4-11(5-7-12)9-18(15(20)21)10-13-3-2-8-25-13/h2-8H,9-10H2,1H3,(H,17,19)(H,20,21). The number of hydrogen-bond donors (Lipinski definition) is 2. The molecule has 2 N–H and O–H groups in total. The van der Waals surface area contributed by atoms with Crippen LogP contribution in [0, 0.1) is 0 Å². The quantitative estimate of drug-likeness (QED) is 0.624. The highest BCUT2D eigenvalue weighted by Crippen LogP contribution is 2.15. The van der Waals surface area contributed by atoms with E-state index in [1.165, 1.54) is 28.4 Å². The predicted octanol–water partition coefficient (Wildman–Crippen LogP) is 2.86. The highest BCUT2D eigenvalue weighted by molar-refractivity contribution is 7.09. The summed E-state index contributed by atoms with van der Waals surface area (Å²) >= 11 is 1.49. The average molecular weight is 364 g/mol. The van der Waals surface area contributed by atoms with Crippen LogP contribution in [0.15, 0.2) is 41.8 Å². The molecule has 25 heavy (non-hydrogen) atoms. The molecule has 0 radical (unpaired) electrons. The van der Waals surface area contributed by atoms with Gasteiger partial charge in [-0.3, -0.25) is 9.69 Å². The van der Waals surface area contributed by atoms with Gasteiger partial charge in [-0.1, -0.05) is 18.2 Å². The van der Waals surface area contributed by atoms with E-state index in [-0.39, 0.29) is 12.1 Å². The second kappa shape index (κ2) is 8.69. The van der Waals surface area contributed by atoms with Gasteiger partial charge in [-0.2, -0.15) is 5.48 Å². The lowest BCUT2D eigenvalue weighted by atomic mass is 10.1. The highest BCUT2D eigenvalue weighted by atomic mass is 32.1. The Morgan fingerprint density at radius 1 is 1.16 bits per heavy atom. The van der Waals surface area contributed by atoms with Gasteiger partial charge < -0.3 is 14.7 Å². The molecule has 0 aliphatic carbocycles. The molecule has 0 bridgehead atoms. The normalized spacial score (nSPS) is 9.96.